The summed E-state index contributed by atoms with van der Waals surface area (Å²) in [5.74, 6) is 0. The summed E-state index contributed by atoms with van der Waals surface area (Å²) in [6, 6.07) is 10.7. The second kappa shape index (κ2) is 4.36. The number of halogens is 1. The molecule has 0 aliphatic carbocycles. The van der Waals surface area contributed by atoms with Crippen molar-refractivity contribution in [1.29, 1.82) is 0 Å². The Kier molecular flexibility index (Phi) is 3.42. The third-order valence-corrected chi connectivity index (χ3v) is 2.23. The Labute approximate surface area is 79.8 Å². The number of benzene rings is 1. The standard InChI is InChI=1S/C10H13N.ClH/c1-2-6-10(7-3-1)11-8-4-5-9-11;/h1-3,6-7H,4-5,8-9H2;1H. The Morgan fingerprint density at radius 2 is 1.50 bits per heavy atom. The van der Waals surface area contributed by atoms with Gasteiger partial charge in [-0.1, -0.05) is 18.2 Å². The first-order valence-electron chi connectivity index (χ1n) is 4.27. The SMILES string of the molecule is Cl.c1ccc(N2CCCC2)cc1. The maximum absolute atomic E-state index is 2.44. The highest BCUT2D eigenvalue weighted by Crippen LogP contribution is 2.18. The normalized spacial score (nSPS) is 15.8. The molecule has 0 saturated carbocycles. The lowest BCUT2D eigenvalue weighted by Gasteiger charge is -2.16. The summed E-state index contributed by atoms with van der Waals surface area (Å²) in [6.45, 7) is 2.48. The van der Waals surface area contributed by atoms with E-state index in [4.69, 9.17) is 0 Å². The molecule has 2 heteroatoms. The van der Waals surface area contributed by atoms with E-state index < -0.39 is 0 Å². The van der Waals surface area contributed by atoms with Gasteiger partial charge in [0.1, 0.15) is 0 Å². The molecule has 0 spiro atoms. The minimum atomic E-state index is 0. The van der Waals surface area contributed by atoms with Gasteiger partial charge in [-0.15, -0.1) is 12.4 Å². The van der Waals surface area contributed by atoms with E-state index >= 15 is 0 Å². The van der Waals surface area contributed by atoms with Crippen molar-refractivity contribution >= 4 is 18.1 Å². The predicted molar refractivity (Wildman–Crippen MR) is 55.1 cm³/mol. The molecule has 66 valence electrons. The monoisotopic (exact) mass is 183 g/mol. The maximum atomic E-state index is 2.44. The lowest BCUT2D eigenvalue weighted by atomic mass is 10.3. The summed E-state index contributed by atoms with van der Waals surface area (Å²) in [5.41, 5.74) is 1.38. The summed E-state index contributed by atoms with van der Waals surface area (Å²) in [6.07, 6.45) is 2.71. The van der Waals surface area contributed by atoms with Crippen LogP contribution in [0, 0.1) is 0 Å². The molecule has 0 aromatic heterocycles. The van der Waals surface area contributed by atoms with Crippen LogP contribution in [0.5, 0.6) is 0 Å². The molecule has 1 nitrogen and oxygen atoms in total. The van der Waals surface area contributed by atoms with Gasteiger partial charge in [0.25, 0.3) is 0 Å². The molecular weight excluding hydrogens is 170 g/mol. The van der Waals surface area contributed by atoms with Crippen molar-refractivity contribution in [2.75, 3.05) is 18.0 Å². The van der Waals surface area contributed by atoms with Gasteiger partial charge in [-0.3, -0.25) is 0 Å². The average molecular weight is 184 g/mol. The Bertz CT molecular complexity index is 217. The Hall–Kier alpha value is -0.690. The largest absolute Gasteiger partial charge is 0.372 e. The van der Waals surface area contributed by atoms with E-state index in [1.54, 1.807) is 0 Å². The third kappa shape index (κ3) is 1.92. The van der Waals surface area contributed by atoms with Crippen molar-refractivity contribution in [1.82, 2.24) is 0 Å². The van der Waals surface area contributed by atoms with Crippen molar-refractivity contribution in [3.8, 4) is 0 Å². The smallest absolute Gasteiger partial charge is 0.0366 e. The highest BCUT2D eigenvalue weighted by atomic mass is 35.5. The van der Waals surface area contributed by atoms with Gasteiger partial charge >= 0.3 is 0 Å². The van der Waals surface area contributed by atoms with Crippen molar-refractivity contribution in [3.63, 3.8) is 0 Å². The van der Waals surface area contributed by atoms with Gasteiger partial charge < -0.3 is 4.90 Å². The van der Waals surface area contributed by atoms with Gasteiger partial charge in [-0.25, -0.2) is 0 Å². The van der Waals surface area contributed by atoms with Crippen LogP contribution in [0.3, 0.4) is 0 Å². The van der Waals surface area contributed by atoms with Crippen LogP contribution in [-0.2, 0) is 0 Å². The average Bonchev–Trinajstić information content (AvgIpc) is 2.58. The van der Waals surface area contributed by atoms with Crippen LogP contribution in [0.15, 0.2) is 30.3 Å². The van der Waals surface area contributed by atoms with Gasteiger partial charge in [-0.2, -0.15) is 0 Å². The van der Waals surface area contributed by atoms with Gasteiger partial charge in [0.05, 0.1) is 0 Å². The fraction of sp³-hybridized carbons (Fsp3) is 0.400. The van der Waals surface area contributed by atoms with E-state index in [2.05, 4.69) is 35.2 Å². The molecule has 1 saturated heterocycles. The molecule has 0 bridgehead atoms. The zero-order valence-electron chi connectivity index (χ0n) is 7.07. The van der Waals surface area contributed by atoms with E-state index in [9.17, 15) is 0 Å². The van der Waals surface area contributed by atoms with Crippen LogP contribution < -0.4 is 4.90 Å². The van der Waals surface area contributed by atoms with E-state index in [0.29, 0.717) is 0 Å². The van der Waals surface area contributed by atoms with Crippen molar-refractivity contribution in [3.05, 3.63) is 30.3 Å². The molecule has 0 N–H and O–H groups in total. The predicted octanol–water partition coefficient (Wildman–Crippen LogP) is 2.71. The van der Waals surface area contributed by atoms with Gasteiger partial charge in [-0.05, 0) is 25.0 Å². The summed E-state index contributed by atoms with van der Waals surface area (Å²) >= 11 is 0. The number of hydrogen-bond donors (Lipinski definition) is 0. The fourth-order valence-corrected chi connectivity index (χ4v) is 1.61. The second-order valence-electron chi connectivity index (χ2n) is 3.03. The van der Waals surface area contributed by atoms with Gasteiger partial charge in [0.2, 0.25) is 0 Å². The third-order valence-electron chi connectivity index (χ3n) is 2.23. The van der Waals surface area contributed by atoms with E-state index in [-0.39, 0.29) is 12.4 Å². The first kappa shape index (κ1) is 9.40. The Morgan fingerprint density at radius 1 is 0.917 bits per heavy atom. The topological polar surface area (TPSA) is 3.24 Å². The molecule has 0 radical (unpaired) electrons. The minimum absolute atomic E-state index is 0. The molecule has 1 aromatic carbocycles. The minimum Gasteiger partial charge on any atom is -0.372 e. The second-order valence-corrected chi connectivity index (χ2v) is 3.03. The maximum Gasteiger partial charge on any atom is 0.0366 e. The van der Waals surface area contributed by atoms with Crippen LogP contribution in [-0.4, -0.2) is 13.1 Å². The van der Waals surface area contributed by atoms with Crippen LogP contribution >= 0.6 is 12.4 Å². The van der Waals surface area contributed by atoms with Crippen molar-refractivity contribution < 1.29 is 0 Å². The Balaban J connectivity index is 0.000000720. The molecule has 1 aromatic rings. The molecule has 1 heterocycles. The molecule has 2 rings (SSSR count). The number of rotatable bonds is 1. The van der Waals surface area contributed by atoms with Crippen molar-refractivity contribution in [2.45, 2.75) is 12.8 Å². The molecular formula is C10H14ClN. The number of anilines is 1. The highest BCUT2D eigenvalue weighted by molar-refractivity contribution is 5.85. The summed E-state index contributed by atoms with van der Waals surface area (Å²) in [4.78, 5) is 2.44. The highest BCUT2D eigenvalue weighted by Gasteiger charge is 2.10. The van der Waals surface area contributed by atoms with E-state index in [1.807, 2.05) is 0 Å². The molecule has 12 heavy (non-hydrogen) atoms. The first-order valence-corrected chi connectivity index (χ1v) is 4.27. The van der Waals surface area contributed by atoms with Crippen LogP contribution in [0.25, 0.3) is 0 Å². The van der Waals surface area contributed by atoms with E-state index in [0.717, 1.165) is 0 Å². The zero-order chi connectivity index (χ0) is 7.52. The summed E-state index contributed by atoms with van der Waals surface area (Å²) < 4.78 is 0. The van der Waals surface area contributed by atoms with Gasteiger partial charge in [0, 0.05) is 18.8 Å². The Morgan fingerprint density at radius 3 is 2.08 bits per heavy atom. The summed E-state index contributed by atoms with van der Waals surface area (Å²) in [5, 5.41) is 0. The number of hydrogen-bond acceptors (Lipinski definition) is 1. The lowest BCUT2D eigenvalue weighted by molar-refractivity contribution is 0.949. The molecule has 1 aliphatic heterocycles. The summed E-state index contributed by atoms with van der Waals surface area (Å²) in [7, 11) is 0. The van der Waals surface area contributed by atoms with Crippen LogP contribution in [0.1, 0.15) is 12.8 Å². The van der Waals surface area contributed by atoms with Crippen LogP contribution in [0.4, 0.5) is 5.69 Å². The number of nitrogens with zero attached hydrogens (tertiary/aromatic N) is 1. The zero-order valence-corrected chi connectivity index (χ0v) is 7.89. The quantitative estimate of drug-likeness (QED) is 0.647. The van der Waals surface area contributed by atoms with Gasteiger partial charge in [0.15, 0.2) is 0 Å². The van der Waals surface area contributed by atoms with Crippen molar-refractivity contribution in [2.24, 2.45) is 0 Å². The molecule has 0 unspecified atom stereocenters. The number of para-hydroxylation sites is 1. The molecule has 0 amide bonds. The van der Waals surface area contributed by atoms with Crippen LogP contribution in [0.2, 0.25) is 0 Å². The molecule has 0 atom stereocenters. The first-order chi connectivity index (χ1) is 5.47. The fourth-order valence-electron chi connectivity index (χ4n) is 1.61. The molecule has 1 fully saturated rings. The molecule has 1 aliphatic rings. The lowest BCUT2D eigenvalue weighted by Crippen LogP contribution is -2.16. The van der Waals surface area contributed by atoms with E-state index in [1.165, 1.54) is 31.6 Å².